The molecule has 0 bridgehead atoms. The van der Waals surface area contributed by atoms with Crippen LogP contribution in [0.5, 0.6) is 0 Å². The molecule has 2 aromatic rings. The molecule has 2 rings (SSSR count). The molecule has 1 unspecified atom stereocenters. The zero-order chi connectivity index (χ0) is 14.4. The van der Waals surface area contributed by atoms with Crippen molar-refractivity contribution in [1.29, 1.82) is 0 Å². The van der Waals surface area contributed by atoms with Crippen LogP contribution in [0.2, 0.25) is 0 Å². The zero-order valence-corrected chi connectivity index (χ0v) is 10.8. The van der Waals surface area contributed by atoms with Crippen molar-refractivity contribution in [3.8, 4) is 0 Å². The second kappa shape index (κ2) is 6.84. The molecule has 0 aromatic heterocycles. The lowest BCUT2D eigenvalue weighted by molar-refractivity contribution is 0.0945. The summed E-state index contributed by atoms with van der Waals surface area (Å²) in [6.45, 7) is 0. The molecule has 0 aliphatic carbocycles. The summed E-state index contributed by atoms with van der Waals surface area (Å²) in [5.41, 5.74) is 1.15. The first-order valence-corrected chi connectivity index (χ1v) is 6.35. The molecule has 0 aliphatic heterocycles. The predicted molar refractivity (Wildman–Crippen MR) is 75.8 cm³/mol. The summed E-state index contributed by atoms with van der Waals surface area (Å²) in [5.74, 6) is -1.67. The van der Waals surface area contributed by atoms with Gasteiger partial charge in [0.2, 0.25) is 0 Å². The third-order valence-corrected chi connectivity index (χ3v) is 2.96. The van der Waals surface area contributed by atoms with E-state index in [-0.39, 0.29) is 6.42 Å². The Morgan fingerprint density at radius 3 is 2.10 bits per heavy atom. The second-order valence-electron chi connectivity index (χ2n) is 4.47. The van der Waals surface area contributed by atoms with Gasteiger partial charge in [0, 0.05) is 5.56 Å². The van der Waals surface area contributed by atoms with E-state index in [0.29, 0.717) is 5.56 Å². The molecule has 0 saturated carbocycles. The summed E-state index contributed by atoms with van der Waals surface area (Å²) in [6.07, 6.45) is 0.108. The Morgan fingerprint density at radius 1 is 1.00 bits per heavy atom. The minimum absolute atomic E-state index is 0.108. The fourth-order valence-corrected chi connectivity index (χ4v) is 1.91. The van der Waals surface area contributed by atoms with Crippen LogP contribution in [0, 0.1) is 0 Å². The highest BCUT2D eigenvalue weighted by Crippen LogP contribution is 2.08. The van der Waals surface area contributed by atoms with Crippen LogP contribution >= 0.6 is 0 Å². The number of nitrogens with one attached hydrogen (secondary N) is 1. The summed E-state index contributed by atoms with van der Waals surface area (Å²) in [5, 5.41) is 2.39. The Kier molecular flexibility index (Phi) is 4.88. The number of carbonyl (C=O) groups excluding carboxylic acids is 1. The van der Waals surface area contributed by atoms with Gasteiger partial charge < -0.3 is 5.32 Å². The van der Waals surface area contributed by atoms with Gasteiger partial charge in [0.05, 0.1) is 5.94 Å². The molecule has 5 heteroatoms. The topological polar surface area (TPSA) is 29.1 Å². The van der Waals surface area contributed by atoms with Crippen molar-refractivity contribution in [2.75, 3.05) is 0 Å². The predicted octanol–water partition coefficient (Wildman–Crippen LogP) is 2.99. The first-order valence-electron chi connectivity index (χ1n) is 6.35. The summed E-state index contributed by atoms with van der Waals surface area (Å²) >= 11 is 0. The summed E-state index contributed by atoms with van der Waals surface area (Å²) in [6, 6.07) is 17.3. The average Bonchev–Trinajstić information content (AvgIpc) is 2.48. The lowest BCUT2D eigenvalue weighted by Gasteiger charge is -2.16. The zero-order valence-electron chi connectivity index (χ0n) is 10.8. The highest BCUT2D eigenvalue weighted by Gasteiger charge is 2.29. The average molecular weight is 273 g/mol. The first-order chi connectivity index (χ1) is 9.66. The van der Waals surface area contributed by atoms with E-state index in [0.717, 1.165) is 5.56 Å². The molecule has 1 amide bonds. The van der Waals surface area contributed by atoms with Crippen molar-refractivity contribution in [2.45, 2.75) is 12.4 Å². The number of benzene rings is 2. The molecule has 0 saturated heterocycles. The van der Waals surface area contributed by atoms with Crippen molar-refractivity contribution in [3.05, 3.63) is 71.8 Å². The van der Waals surface area contributed by atoms with E-state index in [1.54, 1.807) is 54.6 Å². The van der Waals surface area contributed by atoms with Crippen LogP contribution in [0.15, 0.2) is 60.7 Å². The SMILES string of the molecule is O=C(NC(Cc1ccccc1)B(F)F)c1ccccc1. The Morgan fingerprint density at radius 2 is 1.55 bits per heavy atom. The van der Waals surface area contributed by atoms with Gasteiger partial charge in [0.1, 0.15) is 0 Å². The van der Waals surface area contributed by atoms with E-state index < -0.39 is 19.1 Å². The first kappa shape index (κ1) is 14.2. The largest absolute Gasteiger partial charge is 0.560 e. The van der Waals surface area contributed by atoms with Crippen LogP contribution in [0.4, 0.5) is 8.63 Å². The number of amides is 1. The van der Waals surface area contributed by atoms with E-state index in [2.05, 4.69) is 5.32 Å². The lowest BCUT2D eigenvalue weighted by atomic mass is 9.81. The number of carbonyl (C=O) groups is 1. The Bertz CT molecular complexity index is 548. The molecule has 102 valence electrons. The molecule has 2 aromatic carbocycles. The quantitative estimate of drug-likeness (QED) is 0.833. The smallest absolute Gasteiger partial charge is 0.350 e. The summed E-state index contributed by atoms with van der Waals surface area (Å²) < 4.78 is 26.1. The number of rotatable bonds is 5. The van der Waals surface area contributed by atoms with Gasteiger partial charge >= 0.3 is 7.27 Å². The molecule has 20 heavy (non-hydrogen) atoms. The Labute approximate surface area is 117 Å². The Balaban J connectivity index is 2.05. The normalized spacial score (nSPS) is 11.7. The molecule has 0 spiro atoms. The van der Waals surface area contributed by atoms with E-state index in [4.69, 9.17) is 0 Å². The van der Waals surface area contributed by atoms with Gasteiger partial charge in [-0.25, -0.2) is 0 Å². The molecule has 1 atom stereocenters. The maximum atomic E-state index is 13.0. The van der Waals surface area contributed by atoms with Crippen molar-refractivity contribution >= 4 is 13.2 Å². The maximum absolute atomic E-state index is 13.0. The molecule has 0 heterocycles. The minimum Gasteiger partial charge on any atom is -0.350 e. The lowest BCUT2D eigenvalue weighted by Crippen LogP contribution is -2.43. The van der Waals surface area contributed by atoms with E-state index >= 15 is 0 Å². The monoisotopic (exact) mass is 273 g/mol. The fraction of sp³-hybridized carbons (Fsp3) is 0.133. The third-order valence-electron chi connectivity index (χ3n) is 2.96. The van der Waals surface area contributed by atoms with Gasteiger partial charge in [-0.2, -0.15) is 0 Å². The third kappa shape index (κ3) is 3.92. The number of hydrogen-bond acceptors (Lipinski definition) is 1. The molecule has 0 fully saturated rings. The van der Waals surface area contributed by atoms with E-state index in [9.17, 15) is 13.4 Å². The standard InChI is InChI=1S/C15H14BF2NO/c17-16(18)14(11-12-7-3-1-4-8-12)19-15(20)13-9-5-2-6-10-13/h1-10,14H,11H2,(H,19,20). The molecule has 2 nitrogen and oxygen atoms in total. The van der Waals surface area contributed by atoms with Crippen LogP contribution in [0.3, 0.4) is 0 Å². The maximum Gasteiger partial charge on any atom is 0.560 e. The van der Waals surface area contributed by atoms with Gasteiger partial charge in [0.15, 0.2) is 0 Å². The molecular formula is C15H14BF2NO. The molecule has 0 radical (unpaired) electrons. The fourth-order valence-electron chi connectivity index (χ4n) is 1.91. The molecule has 0 aliphatic rings. The van der Waals surface area contributed by atoms with Crippen LogP contribution in [-0.4, -0.2) is 19.1 Å². The van der Waals surface area contributed by atoms with Crippen LogP contribution in [0.1, 0.15) is 15.9 Å². The number of halogens is 2. The highest BCUT2D eigenvalue weighted by molar-refractivity contribution is 6.45. The molecular weight excluding hydrogens is 259 g/mol. The van der Waals surface area contributed by atoms with Crippen molar-refractivity contribution in [2.24, 2.45) is 0 Å². The van der Waals surface area contributed by atoms with E-state index in [1.807, 2.05) is 6.07 Å². The molecule has 1 N–H and O–H groups in total. The van der Waals surface area contributed by atoms with Gasteiger partial charge in [-0.15, -0.1) is 0 Å². The van der Waals surface area contributed by atoms with Crippen LogP contribution < -0.4 is 5.32 Å². The second-order valence-corrected chi connectivity index (χ2v) is 4.47. The number of hydrogen-bond donors (Lipinski definition) is 1. The highest BCUT2D eigenvalue weighted by atomic mass is 19.2. The summed E-state index contributed by atoms with van der Waals surface area (Å²) in [7, 11) is -2.61. The summed E-state index contributed by atoms with van der Waals surface area (Å²) in [4.78, 5) is 11.9. The van der Waals surface area contributed by atoms with Gasteiger partial charge in [-0.05, 0) is 24.1 Å². The van der Waals surface area contributed by atoms with Crippen molar-refractivity contribution < 1.29 is 13.4 Å². The van der Waals surface area contributed by atoms with Gasteiger partial charge in [0.25, 0.3) is 5.91 Å². The Hall–Kier alpha value is -2.17. The van der Waals surface area contributed by atoms with Gasteiger partial charge in [-0.1, -0.05) is 48.5 Å². The van der Waals surface area contributed by atoms with E-state index in [1.165, 1.54) is 0 Å². The van der Waals surface area contributed by atoms with Gasteiger partial charge in [-0.3, -0.25) is 13.4 Å². The van der Waals surface area contributed by atoms with Crippen molar-refractivity contribution in [3.63, 3.8) is 0 Å². The van der Waals surface area contributed by atoms with Crippen molar-refractivity contribution in [1.82, 2.24) is 5.32 Å². The van der Waals surface area contributed by atoms with Crippen LogP contribution in [0.25, 0.3) is 0 Å². The van der Waals surface area contributed by atoms with Crippen LogP contribution in [-0.2, 0) is 6.42 Å². The minimum atomic E-state index is -2.61.